The number of aromatic nitrogens is 2. The monoisotopic (exact) mass is 339 g/mol. The smallest absolute Gasteiger partial charge is 0.251 e. The molecule has 4 aromatic rings. The van der Waals surface area contributed by atoms with Gasteiger partial charge in [0.25, 0.3) is 5.91 Å². The Labute approximate surface area is 151 Å². The Morgan fingerprint density at radius 1 is 0.885 bits per heavy atom. The third kappa shape index (κ3) is 3.30. The summed E-state index contributed by atoms with van der Waals surface area (Å²) in [5.41, 5.74) is 3.37. The average molecular weight is 339 g/mol. The van der Waals surface area contributed by atoms with Crippen LogP contribution in [0, 0.1) is 0 Å². The summed E-state index contributed by atoms with van der Waals surface area (Å²) in [5.74, 6) is -0.100. The van der Waals surface area contributed by atoms with Crippen LogP contribution >= 0.6 is 0 Å². The molecule has 0 spiro atoms. The molecule has 1 N–H and O–H groups in total. The standard InChI is InChI=1S/C22H17N3O/c26-22(18-10-9-16-5-1-2-6-17(16)13-18)25-15-20-8-4-12-24-21(20)19-7-3-11-23-14-19/h1-14H,15H2,(H,25,26). The average Bonchev–Trinajstić information content (AvgIpc) is 2.72. The van der Waals surface area contributed by atoms with Crippen molar-refractivity contribution < 1.29 is 4.79 Å². The van der Waals surface area contributed by atoms with Gasteiger partial charge < -0.3 is 5.32 Å². The maximum Gasteiger partial charge on any atom is 0.251 e. The fourth-order valence-electron chi connectivity index (χ4n) is 2.95. The SMILES string of the molecule is O=C(NCc1cccnc1-c1cccnc1)c1ccc2ccccc2c1. The maximum absolute atomic E-state index is 12.6. The number of rotatable bonds is 4. The van der Waals surface area contributed by atoms with Gasteiger partial charge in [0.05, 0.1) is 5.69 Å². The van der Waals surface area contributed by atoms with Gasteiger partial charge in [-0.1, -0.05) is 36.4 Å². The van der Waals surface area contributed by atoms with E-state index in [1.807, 2.05) is 66.7 Å². The van der Waals surface area contributed by atoms with Crippen molar-refractivity contribution in [3.63, 3.8) is 0 Å². The Morgan fingerprint density at radius 3 is 2.58 bits per heavy atom. The summed E-state index contributed by atoms with van der Waals surface area (Å²) in [5, 5.41) is 5.16. The Hall–Kier alpha value is -3.53. The fourth-order valence-corrected chi connectivity index (χ4v) is 2.95. The Morgan fingerprint density at radius 2 is 1.73 bits per heavy atom. The van der Waals surface area contributed by atoms with E-state index in [-0.39, 0.29) is 5.91 Å². The van der Waals surface area contributed by atoms with Gasteiger partial charge in [-0.15, -0.1) is 0 Å². The minimum Gasteiger partial charge on any atom is -0.348 e. The van der Waals surface area contributed by atoms with Gasteiger partial charge in [-0.05, 0) is 46.7 Å². The normalized spacial score (nSPS) is 10.6. The molecule has 1 amide bonds. The molecule has 0 saturated carbocycles. The van der Waals surface area contributed by atoms with Crippen molar-refractivity contribution in [3.8, 4) is 11.3 Å². The molecule has 0 aliphatic carbocycles. The molecule has 0 saturated heterocycles. The molecular weight excluding hydrogens is 322 g/mol. The minimum atomic E-state index is -0.100. The number of hydrogen-bond acceptors (Lipinski definition) is 3. The molecule has 126 valence electrons. The number of pyridine rings is 2. The van der Waals surface area contributed by atoms with Crippen LogP contribution in [0.15, 0.2) is 85.3 Å². The number of nitrogens with one attached hydrogen (secondary N) is 1. The molecule has 0 fully saturated rings. The van der Waals surface area contributed by atoms with Crippen molar-refractivity contribution in [1.82, 2.24) is 15.3 Å². The quantitative estimate of drug-likeness (QED) is 0.605. The van der Waals surface area contributed by atoms with Gasteiger partial charge in [0.2, 0.25) is 0 Å². The molecule has 4 nitrogen and oxygen atoms in total. The molecular formula is C22H17N3O. The lowest BCUT2D eigenvalue weighted by Crippen LogP contribution is -2.23. The molecule has 26 heavy (non-hydrogen) atoms. The molecule has 2 aromatic heterocycles. The molecule has 0 atom stereocenters. The van der Waals surface area contributed by atoms with Gasteiger partial charge >= 0.3 is 0 Å². The van der Waals surface area contributed by atoms with Crippen LogP contribution < -0.4 is 5.32 Å². The second-order valence-corrected chi connectivity index (χ2v) is 6.00. The summed E-state index contributed by atoms with van der Waals surface area (Å²) in [6.45, 7) is 0.406. The van der Waals surface area contributed by atoms with Crippen LogP contribution in [-0.4, -0.2) is 15.9 Å². The molecule has 0 aliphatic heterocycles. The van der Waals surface area contributed by atoms with Gasteiger partial charge in [0, 0.05) is 36.3 Å². The first-order chi connectivity index (χ1) is 12.8. The van der Waals surface area contributed by atoms with Crippen LogP contribution in [0.4, 0.5) is 0 Å². The van der Waals surface area contributed by atoms with Crippen molar-refractivity contribution in [1.29, 1.82) is 0 Å². The molecule has 2 aromatic carbocycles. The van der Waals surface area contributed by atoms with Crippen LogP contribution in [0.1, 0.15) is 15.9 Å². The van der Waals surface area contributed by atoms with Crippen LogP contribution in [0.5, 0.6) is 0 Å². The van der Waals surface area contributed by atoms with E-state index in [1.54, 1.807) is 18.6 Å². The summed E-state index contributed by atoms with van der Waals surface area (Å²) in [6.07, 6.45) is 5.25. The number of carbonyl (C=O) groups excluding carboxylic acids is 1. The summed E-state index contributed by atoms with van der Waals surface area (Å²) < 4.78 is 0. The molecule has 2 heterocycles. The van der Waals surface area contributed by atoms with Crippen LogP contribution in [0.2, 0.25) is 0 Å². The predicted molar refractivity (Wildman–Crippen MR) is 103 cm³/mol. The summed E-state index contributed by atoms with van der Waals surface area (Å²) in [4.78, 5) is 21.2. The van der Waals surface area contributed by atoms with E-state index < -0.39 is 0 Å². The first-order valence-corrected chi connectivity index (χ1v) is 8.42. The third-order valence-corrected chi connectivity index (χ3v) is 4.28. The van der Waals surface area contributed by atoms with Gasteiger partial charge in [-0.25, -0.2) is 0 Å². The predicted octanol–water partition coefficient (Wildman–Crippen LogP) is 4.23. The van der Waals surface area contributed by atoms with Gasteiger partial charge in [0.1, 0.15) is 0 Å². The highest BCUT2D eigenvalue weighted by Gasteiger charge is 2.10. The highest BCUT2D eigenvalue weighted by Crippen LogP contribution is 2.20. The molecule has 0 radical (unpaired) electrons. The number of nitrogens with zero attached hydrogens (tertiary/aromatic N) is 2. The molecule has 0 unspecified atom stereocenters. The van der Waals surface area contributed by atoms with E-state index in [2.05, 4.69) is 15.3 Å². The molecule has 4 rings (SSSR count). The molecule has 0 aliphatic rings. The largest absolute Gasteiger partial charge is 0.348 e. The minimum absolute atomic E-state index is 0.100. The highest BCUT2D eigenvalue weighted by molar-refractivity contribution is 5.98. The van der Waals surface area contributed by atoms with Gasteiger partial charge in [0.15, 0.2) is 0 Å². The Bertz CT molecular complexity index is 1060. The van der Waals surface area contributed by atoms with Crippen LogP contribution in [0.3, 0.4) is 0 Å². The Balaban J connectivity index is 1.54. The lowest BCUT2D eigenvalue weighted by molar-refractivity contribution is 0.0951. The number of carbonyl (C=O) groups is 1. The maximum atomic E-state index is 12.6. The lowest BCUT2D eigenvalue weighted by Gasteiger charge is -2.10. The van der Waals surface area contributed by atoms with Gasteiger partial charge in [-0.2, -0.15) is 0 Å². The van der Waals surface area contributed by atoms with E-state index in [9.17, 15) is 4.79 Å². The zero-order valence-corrected chi connectivity index (χ0v) is 14.1. The van der Waals surface area contributed by atoms with Gasteiger partial charge in [-0.3, -0.25) is 14.8 Å². The zero-order chi connectivity index (χ0) is 17.8. The fraction of sp³-hybridized carbons (Fsp3) is 0.0455. The summed E-state index contributed by atoms with van der Waals surface area (Å²) >= 11 is 0. The zero-order valence-electron chi connectivity index (χ0n) is 14.1. The third-order valence-electron chi connectivity index (χ3n) is 4.28. The first kappa shape index (κ1) is 16.0. The Kier molecular flexibility index (Phi) is 4.39. The second-order valence-electron chi connectivity index (χ2n) is 6.00. The van der Waals surface area contributed by atoms with Crippen LogP contribution in [-0.2, 0) is 6.54 Å². The number of benzene rings is 2. The first-order valence-electron chi connectivity index (χ1n) is 8.42. The van der Waals surface area contributed by atoms with E-state index in [0.29, 0.717) is 12.1 Å². The van der Waals surface area contributed by atoms with Crippen LogP contribution in [0.25, 0.3) is 22.0 Å². The number of hydrogen-bond donors (Lipinski definition) is 1. The van der Waals surface area contributed by atoms with Crippen molar-refractivity contribution in [3.05, 3.63) is 96.4 Å². The lowest BCUT2D eigenvalue weighted by atomic mass is 10.1. The van der Waals surface area contributed by atoms with E-state index >= 15 is 0 Å². The highest BCUT2D eigenvalue weighted by atomic mass is 16.1. The van der Waals surface area contributed by atoms with E-state index in [0.717, 1.165) is 27.6 Å². The summed E-state index contributed by atoms with van der Waals surface area (Å²) in [6, 6.07) is 21.4. The van der Waals surface area contributed by atoms with Crippen molar-refractivity contribution >= 4 is 16.7 Å². The summed E-state index contributed by atoms with van der Waals surface area (Å²) in [7, 11) is 0. The van der Waals surface area contributed by atoms with Crippen molar-refractivity contribution in [2.45, 2.75) is 6.54 Å². The van der Waals surface area contributed by atoms with E-state index in [1.165, 1.54) is 0 Å². The van der Waals surface area contributed by atoms with Crippen molar-refractivity contribution in [2.24, 2.45) is 0 Å². The molecule has 0 bridgehead atoms. The number of fused-ring (bicyclic) bond motifs is 1. The topological polar surface area (TPSA) is 54.9 Å². The molecule has 4 heteroatoms. The van der Waals surface area contributed by atoms with Crippen molar-refractivity contribution in [2.75, 3.05) is 0 Å². The van der Waals surface area contributed by atoms with E-state index in [4.69, 9.17) is 0 Å². The second kappa shape index (κ2) is 7.15. The number of amides is 1.